The highest BCUT2D eigenvalue weighted by Gasteiger charge is 2.12. The number of hydrogen-bond acceptors (Lipinski definition) is 3. The van der Waals surface area contributed by atoms with Crippen LogP contribution in [0.1, 0.15) is 64.7 Å². The van der Waals surface area contributed by atoms with Gasteiger partial charge in [-0.15, -0.1) is 0 Å². The minimum atomic E-state index is -0.358. The van der Waals surface area contributed by atoms with Crippen LogP contribution in [0.2, 0.25) is 0 Å². The van der Waals surface area contributed by atoms with Crippen LogP contribution < -0.4 is 11.2 Å². The third-order valence-electron chi connectivity index (χ3n) is 4.63. The van der Waals surface area contributed by atoms with Crippen molar-refractivity contribution in [2.24, 2.45) is 14.1 Å². The second kappa shape index (κ2) is 9.39. The monoisotopic (exact) mass is 346 g/mol. The van der Waals surface area contributed by atoms with Gasteiger partial charge in [0.25, 0.3) is 5.56 Å². The molecule has 0 N–H and O–H groups in total. The second-order valence-electron chi connectivity index (χ2n) is 6.69. The lowest BCUT2D eigenvalue weighted by atomic mass is 10.1. The SMILES string of the molecule is CCCCCCCCCCC=Cn1c(=O)c2c(ncn2C)n(C)c1=O. The summed E-state index contributed by atoms with van der Waals surface area (Å²) in [5, 5.41) is 0. The van der Waals surface area contributed by atoms with Crippen molar-refractivity contribution in [3.8, 4) is 0 Å². The van der Waals surface area contributed by atoms with Gasteiger partial charge in [0.15, 0.2) is 11.2 Å². The van der Waals surface area contributed by atoms with Crippen molar-refractivity contribution in [2.45, 2.75) is 64.7 Å². The Bertz CT molecular complexity index is 826. The predicted molar refractivity (Wildman–Crippen MR) is 103 cm³/mol. The van der Waals surface area contributed by atoms with E-state index in [1.54, 1.807) is 31.2 Å². The van der Waals surface area contributed by atoms with E-state index in [0.29, 0.717) is 11.2 Å². The molecule has 0 amide bonds. The van der Waals surface area contributed by atoms with Crippen molar-refractivity contribution in [3.63, 3.8) is 0 Å². The number of aromatic nitrogens is 4. The standard InChI is InChI=1S/C19H30N4O2/c1-4-5-6-7-8-9-10-11-12-13-14-23-18(24)16-17(20-15-21(16)2)22(3)19(23)25/h13-15H,4-12H2,1-3H3. The molecule has 0 saturated heterocycles. The first-order valence-electron chi connectivity index (χ1n) is 9.37. The molecule has 2 heterocycles. The van der Waals surface area contributed by atoms with E-state index in [2.05, 4.69) is 11.9 Å². The molecule has 0 unspecified atom stereocenters. The van der Waals surface area contributed by atoms with Gasteiger partial charge in [-0.25, -0.2) is 14.3 Å². The Hall–Kier alpha value is -2.11. The maximum Gasteiger partial charge on any atom is 0.336 e. The average molecular weight is 346 g/mol. The smallest absolute Gasteiger partial charge is 0.328 e. The summed E-state index contributed by atoms with van der Waals surface area (Å²) >= 11 is 0. The number of unbranched alkanes of at least 4 members (excludes halogenated alkanes) is 8. The third kappa shape index (κ3) is 4.71. The average Bonchev–Trinajstić information content (AvgIpc) is 2.99. The number of hydrogen-bond donors (Lipinski definition) is 0. The molecule has 0 aromatic carbocycles. The summed E-state index contributed by atoms with van der Waals surface area (Å²) in [5.41, 5.74) is 0.192. The number of allylic oxidation sites excluding steroid dienone is 1. The van der Waals surface area contributed by atoms with Crippen molar-refractivity contribution in [1.82, 2.24) is 18.7 Å². The Balaban J connectivity index is 1.90. The van der Waals surface area contributed by atoms with Gasteiger partial charge in [-0.1, -0.05) is 57.9 Å². The second-order valence-corrected chi connectivity index (χ2v) is 6.69. The van der Waals surface area contributed by atoms with Crippen LogP contribution in [0.3, 0.4) is 0 Å². The van der Waals surface area contributed by atoms with Crippen LogP contribution in [-0.2, 0) is 14.1 Å². The van der Waals surface area contributed by atoms with E-state index >= 15 is 0 Å². The highest BCUT2D eigenvalue weighted by molar-refractivity contribution is 5.70. The molecule has 0 bridgehead atoms. The number of fused-ring (bicyclic) bond motifs is 1. The molecule has 0 aliphatic heterocycles. The first-order valence-corrected chi connectivity index (χ1v) is 9.37. The topological polar surface area (TPSA) is 61.8 Å². The molecule has 0 aliphatic carbocycles. The fourth-order valence-electron chi connectivity index (χ4n) is 3.07. The zero-order chi connectivity index (χ0) is 18.2. The lowest BCUT2D eigenvalue weighted by Crippen LogP contribution is -2.36. The number of nitrogens with zero attached hydrogens (tertiary/aromatic N) is 4. The summed E-state index contributed by atoms with van der Waals surface area (Å²) in [5.74, 6) is 0. The Morgan fingerprint density at radius 2 is 1.64 bits per heavy atom. The van der Waals surface area contributed by atoms with Gasteiger partial charge in [0.05, 0.1) is 6.33 Å². The lowest BCUT2D eigenvalue weighted by Gasteiger charge is -2.04. The van der Waals surface area contributed by atoms with Crippen molar-refractivity contribution < 1.29 is 0 Å². The van der Waals surface area contributed by atoms with Crippen LogP contribution in [0.5, 0.6) is 0 Å². The van der Waals surface area contributed by atoms with E-state index in [4.69, 9.17) is 0 Å². The van der Waals surface area contributed by atoms with Gasteiger partial charge in [-0.2, -0.15) is 0 Å². The van der Waals surface area contributed by atoms with E-state index in [9.17, 15) is 9.59 Å². The van der Waals surface area contributed by atoms with Crippen LogP contribution in [0.25, 0.3) is 17.4 Å². The Labute approximate surface area is 148 Å². The highest BCUT2D eigenvalue weighted by atomic mass is 16.2. The minimum absolute atomic E-state index is 0.315. The van der Waals surface area contributed by atoms with E-state index in [1.807, 2.05) is 6.08 Å². The minimum Gasteiger partial charge on any atom is -0.328 e. The molecule has 6 heteroatoms. The first-order chi connectivity index (χ1) is 12.1. The molecule has 6 nitrogen and oxygen atoms in total. The van der Waals surface area contributed by atoms with E-state index in [1.165, 1.54) is 54.1 Å². The fraction of sp³-hybridized carbons (Fsp3) is 0.632. The zero-order valence-electron chi connectivity index (χ0n) is 15.7. The van der Waals surface area contributed by atoms with E-state index < -0.39 is 0 Å². The molecule has 138 valence electrons. The summed E-state index contributed by atoms with van der Waals surface area (Å²) in [7, 11) is 3.40. The molecule has 0 aliphatic rings. The van der Waals surface area contributed by atoms with E-state index in [-0.39, 0.29) is 11.2 Å². The van der Waals surface area contributed by atoms with Gasteiger partial charge < -0.3 is 4.57 Å². The Kier molecular flexibility index (Phi) is 7.22. The summed E-state index contributed by atoms with van der Waals surface area (Å²) in [6.45, 7) is 2.23. The van der Waals surface area contributed by atoms with Crippen LogP contribution >= 0.6 is 0 Å². The van der Waals surface area contributed by atoms with Crippen molar-refractivity contribution in [2.75, 3.05) is 0 Å². The molecule has 2 aromatic heterocycles. The van der Waals surface area contributed by atoms with Crippen molar-refractivity contribution in [1.29, 1.82) is 0 Å². The van der Waals surface area contributed by atoms with Gasteiger partial charge >= 0.3 is 5.69 Å². The van der Waals surface area contributed by atoms with Crippen LogP contribution in [0.4, 0.5) is 0 Å². The number of aryl methyl sites for hydroxylation is 2. The largest absolute Gasteiger partial charge is 0.336 e. The van der Waals surface area contributed by atoms with Gasteiger partial charge in [-0.05, 0) is 12.8 Å². The van der Waals surface area contributed by atoms with Crippen LogP contribution in [-0.4, -0.2) is 18.7 Å². The predicted octanol–water partition coefficient (Wildman–Crippen LogP) is 3.44. The van der Waals surface area contributed by atoms with Crippen LogP contribution in [0.15, 0.2) is 22.0 Å². The molecule has 25 heavy (non-hydrogen) atoms. The summed E-state index contributed by atoms with van der Waals surface area (Å²) in [6, 6.07) is 0. The summed E-state index contributed by atoms with van der Waals surface area (Å²) in [4.78, 5) is 29.0. The number of rotatable bonds is 10. The number of imidazole rings is 1. The molecule has 2 rings (SSSR count). The van der Waals surface area contributed by atoms with Gasteiger partial charge in [0, 0.05) is 20.3 Å². The molecule has 0 radical (unpaired) electrons. The quantitative estimate of drug-likeness (QED) is 0.619. The molecule has 0 saturated carbocycles. The Morgan fingerprint density at radius 3 is 2.32 bits per heavy atom. The zero-order valence-corrected chi connectivity index (χ0v) is 15.7. The molecule has 2 aromatic rings. The van der Waals surface area contributed by atoms with Crippen LogP contribution in [0, 0.1) is 0 Å². The van der Waals surface area contributed by atoms with Gasteiger partial charge in [-0.3, -0.25) is 9.36 Å². The first kappa shape index (κ1) is 19.2. The molecular weight excluding hydrogens is 316 g/mol. The van der Waals surface area contributed by atoms with Crippen molar-refractivity contribution in [3.05, 3.63) is 33.2 Å². The van der Waals surface area contributed by atoms with E-state index in [0.717, 1.165) is 12.8 Å². The maximum absolute atomic E-state index is 12.5. The fourth-order valence-corrected chi connectivity index (χ4v) is 3.07. The molecule has 0 spiro atoms. The maximum atomic E-state index is 12.5. The highest BCUT2D eigenvalue weighted by Crippen LogP contribution is 2.10. The van der Waals surface area contributed by atoms with Gasteiger partial charge in [0.1, 0.15) is 0 Å². The molecule has 0 atom stereocenters. The molecule has 0 fully saturated rings. The normalized spacial score (nSPS) is 11.8. The summed E-state index contributed by atoms with van der Waals surface area (Å²) < 4.78 is 4.24. The molecular formula is C19H30N4O2. The third-order valence-corrected chi connectivity index (χ3v) is 4.63. The van der Waals surface area contributed by atoms with Crippen molar-refractivity contribution >= 4 is 17.4 Å². The summed E-state index contributed by atoms with van der Waals surface area (Å²) in [6.07, 6.45) is 16.1. The lowest BCUT2D eigenvalue weighted by molar-refractivity contribution is 0.577. The Morgan fingerprint density at radius 1 is 1.00 bits per heavy atom. The van der Waals surface area contributed by atoms with Gasteiger partial charge in [0.2, 0.25) is 0 Å².